The van der Waals surface area contributed by atoms with E-state index in [0.717, 1.165) is 0 Å². The number of hydrogen-bond donors (Lipinski definition) is 2. The van der Waals surface area contributed by atoms with Gasteiger partial charge >= 0.3 is 6.09 Å². The Labute approximate surface area is 191 Å². The third-order valence-electron chi connectivity index (χ3n) is 4.04. The summed E-state index contributed by atoms with van der Waals surface area (Å²) >= 11 is 12.9. The first-order chi connectivity index (χ1) is 14.4. The summed E-state index contributed by atoms with van der Waals surface area (Å²) in [5.41, 5.74) is -0.0498. The maximum absolute atomic E-state index is 13.0. The molecule has 0 saturated heterocycles. The van der Waals surface area contributed by atoms with Crippen LogP contribution in [0.3, 0.4) is 0 Å². The van der Waals surface area contributed by atoms with Crippen LogP contribution < -0.4 is 15.4 Å². The molecule has 0 bridgehead atoms. The van der Waals surface area contributed by atoms with Gasteiger partial charge in [-0.05, 0) is 39.2 Å². The van der Waals surface area contributed by atoms with E-state index in [1.54, 1.807) is 26.8 Å². The fourth-order valence-corrected chi connectivity index (χ4v) is 3.44. The highest BCUT2D eigenvalue weighted by Gasteiger charge is 2.28. The predicted octanol–water partition coefficient (Wildman–Crippen LogP) is 5.53. The first-order valence-corrected chi connectivity index (χ1v) is 10.4. The van der Waals surface area contributed by atoms with Crippen LogP contribution in [-0.2, 0) is 9.53 Å². The maximum Gasteiger partial charge on any atom is 0.408 e. The van der Waals surface area contributed by atoms with E-state index in [4.69, 9.17) is 37.1 Å². The van der Waals surface area contributed by atoms with E-state index < -0.39 is 23.6 Å². The molecule has 31 heavy (non-hydrogen) atoms. The molecule has 1 atom stereocenters. The molecule has 0 fully saturated rings. The van der Waals surface area contributed by atoms with Crippen molar-refractivity contribution in [2.24, 2.45) is 5.92 Å². The summed E-state index contributed by atoms with van der Waals surface area (Å²) in [4.78, 5) is 29.1. The van der Waals surface area contributed by atoms with E-state index in [0.29, 0.717) is 17.7 Å². The maximum atomic E-state index is 13.0. The smallest absolute Gasteiger partial charge is 0.408 e. The lowest BCUT2D eigenvalue weighted by atomic mass is 10.0. The molecule has 2 rings (SSSR count). The molecular weight excluding hydrogens is 445 g/mol. The molecule has 2 N–H and O–H groups in total. The normalized spacial score (nSPS) is 12.4. The summed E-state index contributed by atoms with van der Waals surface area (Å²) in [7, 11) is 1.44. The Morgan fingerprint density at radius 1 is 1.26 bits per heavy atom. The van der Waals surface area contributed by atoms with Gasteiger partial charge in [0, 0.05) is 0 Å². The van der Waals surface area contributed by atoms with Crippen LogP contribution in [0.15, 0.2) is 23.1 Å². The van der Waals surface area contributed by atoms with Gasteiger partial charge in [0.25, 0.3) is 0 Å². The Balaban J connectivity index is 2.31. The summed E-state index contributed by atoms with van der Waals surface area (Å²) in [5, 5.41) is 5.58. The molecule has 1 heterocycles. The fourth-order valence-electron chi connectivity index (χ4n) is 2.81. The molecule has 0 aliphatic heterocycles. The fraction of sp³-hybridized carbons (Fsp3) is 0.476. The molecule has 8 nitrogen and oxygen atoms in total. The number of carbonyl (C=O) groups excluding carboxylic acids is 2. The van der Waals surface area contributed by atoms with Crippen LogP contribution in [0.5, 0.6) is 5.75 Å². The zero-order chi connectivity index (χ0) is 23.3. The van der Waals surface area contributed by atoms with Gasteiger partial charge in [-0.15, -0.1) is 0 Å². The molecule has 2 amide bonds. The second-order valence-corrected chi connectivity index (χ2v) is 9.10. The van der Waals surface area contributed by atoms with Crippen molar-refractivity contribution in [2.75, 3.05) is 12.4 Å². The molecule has 10 heteroatoms. The van der Waals surface area contributed by atoms with Gasteiger partial charge in [0.05, 0.1) is 29.6 Å². The monoisotopic (exact) mass is 471 g/mol. The van der Waals surface area contributed by atoms with Crippen LogP contribution in [-0.4, -0.2) is 35.7 Å². The first kappa shape index (κ1) is 24.8. The number of aromatic nitrogens is 1. The lowest BCUT2D eigenvalue weighted by Crippen LogP contribution is -2.46. The lowest BCUT2D eigenvalue weighted by molar-refractivity contribution is -0.118. The van der Waals surface area contributed by atoms with Gasteiger partial charge in [0.15, 0.2) is 17.9 Å². The van der Waals surface area contributed by atoms with E-state index in [2.05, 4.69) is 15.6 Å². The molecule has 0 aliphatic carbocycles. The molecular formula is C21H27Cl2N3O5. The van der Waals surface area contributed by atoms with Gasteiger partial charge in [-0.3, -0.25) is 4.79 Å². The van der Waals surface area contributed by atoms with Crippen molar-refractivity contribution >= 4 is 40.9 Å². The average Bonchev–Trinajstić information content (AvgIpc) is 3.16. The van der Waals surface area contributed by atoms with E-state index in [1.165, 1.54) is 19.7 Å². The number of amides is 2. The summed E-state index contributed by atoms with van der Waals surface area (Å²) in [6.45, 7) is 9.10. The van der Waals surface area contributed by atoms with E-state index in [-0.39, 0.29) is 27.4 Å². The van der Waals surface area contributed by atoms with Crippen LogP contribution >= 0.6 is 23.2 Å². The number of nitrogens with zero attached hydrogens (tertiary/aromatic N) is 1. The van der Waals surface area contributed by atoms with Gasteiger partial charge < -0.3 is 24.5 Å². The van der Waals surface area contributed by atoms with E-state index in [9.17, 15) is 9.59 Å². The van der Waals surface area contributed by atoms with E-state index >= 15 is 0 Å². The van der Waals surface area contributed by atoms with Crippen molar-refractivity contribution in [3.63, 3.8) is 0 Å². The molecule has 0 saturated carbocycles. The molecule has 1 unspecified atom stereocenters. The Bertz CT molecular complexity index is 924. The van der Waals surface area contributed by atoms with Crippen LogP contribution in [0, 0.1) is 5.92 Å². The molecule has 1 aromatic carbocycles. The van der Waals surface area contributed by atoms with Crippen LogP contribution in [0.4, 0.5) is 10.5 Å². The third kappa shape index (κ3) is 6.77. The number of rotatable bonds is 7. The number of carbonyl (C=O) groups is 2. The number of nitrogens with one attached hydrogen (secondary N) is 2. The number of oxazole rings is 1. The number of halogens is 2. The number of alkyl carbamates (subject to hydrolysis) is 1. The number of ether oxygens (including phenoxy) is 2. The van der Waals surface area contributed by atoms with Crippen LogP contribution in [0.2, 0.25) is 10.0 Å². The zero-order valence-electron chi connectivity index (χ0n) is 18.3. The van der Waals surface area contributed by atoms with Crippen molar-refractivity contribution in [1.29, 1.82) is 0 Å². The SMILES string of the molecule is COc1c(-c2cnco2)cc(Cl)c(NC(=O)C(CC(C)C)NC(=O)OC(C)(C)C)c1Cl. The molecule has 0 aliphatic rings. The Morgan fingerprint density at radius 3 is 2.45 bits per heavy atom. The van der Waals surface area contributed by atoms with Crippen molar-refractivity contribution in [3.05, 3.63) is 28.7 Å². The van der Waals surface area contributed by atoms with Crippen LogP contribution in [0.1, 0.15) is 41.0 Å². The predicted molar refractivity (Wildman–Crippen MR) is 120 cm³/mol. The zero-order valence-corrected chi connectivity index (χ0v) is 19.9. The van der Waals surface area contributed by atoms with Crippen LogP contribution in [0.25, 0.3) is 11.3 Å². The second-order valence-electron chi connectivity index (χ2n) is 8.31. The highest BCUT2D eigenvalue weighted by atomic mass is 35.5. The van der Waals surface area contributed by atoms with Gasteiger partial charge in [-0.2, -0.15) is 0 Å². The van der Waals surface area contributed by atoms with Crippen molar-refractivity contribution in [2.45, 2.75) is 52.7 Å². The minimum absolute atomic E-state index is 0.0929. The van der Waals surface area contributed by atoms with Crippen molar-refractivity contribution in [1.82, 2.24) is 10.3 Å². The second kappa shape index (κ2) is 10.2. The number of methoxy groups -OCH3 is 1. The number of anilines is 1. The summed E-state index contributed by atoms with van der Waals surface area (Å²) in [6.07, 6.45) is 2.45. The standard InChI is InChI=1S/C21H27Cl2N3O5/c1-11(2)7-14(25-20(28)31-21(3,4)5)19(27)26-17-13(22)8-12(15-9-24-10-30-15)18(29-6)16(17)23/h8-11,14H,7H2,1-6H3,(H,25,28)(H,26,27). The highest BCUT2D eigenvalue weighted by molar-refractivity contribution is 6.41. The third-order valence-corrected chi connectivity index (χ3v) is 4.70. The van der Waals surface area contributed by atoms with Gasteiger partial charge in [-0.1, -0.05) is 37.0 Å². The molecule has 170 valence electrons. The number of hydrogen-bond acceptors (Lipinski definition) is 6. The highest BCUT2D eigenvalue weighted by Crippen LogP contribution is 2.45. The molecule has 0 spiro atoms. The minimum atomic E-state index is -0.859. The van der Waals surface area contributed by atoms with E-state index in [1.807, 2.05) is 13.8 Å². The van der Waals surface area contributed by atoms with Gasteiger partial charge in [-0.25, -0.2) is 9.78 Å². The lowest BCUT2D eigenvalue weighted by Gasteiger charge is -2.24. The van der Waals surface area contributed by atoms with Crippen molar-refractivity contribution in [3.8, 4) is 17.1 Å². The topological polar surface area (TPSA) is 103 Å². The Morgan fingerprint density at radius 2 is 1.94 bits per heavy atom. The van der Waals surface area contributed by atoms with Gasteiger partial charge in [0.2, 0.25) is 5.91 Å². The first-order valence-electron chi connectivity index (χ1n) is 9.68. The largest absolute Gasteiger partial charge is 0.494 e. The Hall–Kier alpha value is -2.45. The molecule has 2 aromatic rings. The van der Waals surface area contributed by atoms with Crippen molar-refractivity contribution < 1.29 is 23.5 Å². The number of benzene rings is 1. The molecule has 0 radical (unpaired) electrons. The summed E-state index contributed by atoms with van der Waals surface area (Å²) in [5.74, 6) is 0.305. The Kier molecular flexibility index (Phi) is 8.20. The molecule has 1 aromatic heterocycles. The average molecular weight is 472 g/mol. The summed E-state index contributed by atoms with van der Waals surface area (Å²) < 4.78 is 16.0. The minimum Gasteiger partial charge on any atom is -0.494 e. The van der Waals surface area contributed by atoms with Gasteiger partial charge in [0.1, 0.15) is 16.7 Å². The summed E-state index contributed by atoms with van der Waals surface area (Å²) in [6, 6.07) is 0.697. The quantitative estimate of drug-likeness (QED) is 0.549.